The number of rotatable bonds is 9. The molecule has 6 heteroatoms. The van der Waals surface area contributed by atoms with Gasteiger partial charge in [0.2, 0.25) is 0 Å². The largest absolute Gasteiger partial charge is 0.462 e. The number of para-hydroxylation sites is 2. The number of furan rings is 1. The number of fused-ring (bicyclic) bond motifs is 4. The van der Waals surface area contributed by atoms with Crippen LogP contribution in [0, 0.1) is 0 Å². The summed E-state index contributed by atoms with van der Waals surface area (Å²) in [6, 6.07) is 39.7. The second kappa shape index (κ2) is 15.6. The van der Waals surface area contributed by atoms with Crippen molar-refractivity contribution in [1.82, 2.24) is 0 Å². The molecular formula is C46H45NO5. The Morgan fingerprint density at radius 3 is 1.87 bits per heavy atom. The quantitative estimate of drug-likeness (QED) is 0.152. The highest BCUT2D eigenvalue weighted by molar-refractivity contribution is 6.10. The maximum atomic E-state index is 13.5. The molecule has 0 radical (unpaired) electrons. The van der Waals surface area contributed by atoms with Gasteiger partial charge in [0.25, 0.3) is 0 Å². The average molecular weight is 692 g/mol. The van der Waals surface area contributed by atoms with E-state index < -0.39 is 17.5 Å². The van der Waals surface area contributed by atoms with E-state index in [1.165, 1.54) is 6.42 Å². The zero-order chi connectivity index (χ0) is 36.8. The summed E-state index contributed by atoms with van der Waals surface area (Å²) in [5, 5.41) is 7.83. The van der Waals surface area contributed by atoms with E-state index in [1.54, 1.807) is 26.0 Å². The van der Waals surface area contributed by atoms with Crippen molar-refractivity contribution in [1.29, 1.82) is 0 Å². The third-order valence-corrected chi connectivity index (χ3v) is 9.00. The average Bonchev–Trinajstić information content (AvgIpc) is 3.54. The normalized spacial score (nSPS) is 11.3. The van der Waals surface area contributed by atoms with Crippen molar-refractivity contribution in [2.75, 3.05) is 18.5 Å². The van der Waals surface area contributed by atoms with Crippen LogP contribution >= 0.6 is 0 Å². The predicted molar refractivity (Wildman–Crippen MR) is 213 cm³/mol. The maximum absolute atomic E-state index is 13.5. The summed E-state index contributed by atoms with van der Waals surface area (Å²) in [6.07, 6.45) is 1.25. The zero-order valence-electron chi connectivity index (χ0n) is 30.7. The topological polar surface area (TPSA) is 77.8 Å². The molecule has 1 N–H and O–H groups in total. The zero-order valence-corrected chi connectivity index (χ0v) is 30.7. The molecule has 7 rings (SSSR count). The van der Waals surface area contributed by atoms with E-state index in [4.69, 9.17) is 13.9 Å². The Morgan fingerprint density at radius 2 is 1.17 bits per heavy atom. The highest BCUT2D eigenvalue weighted by atomic mass is 16.5. The van der Waals surface area contributed by atoms with Crippen LogP contribution in [0.25, 0.3) is 55.0 Å². The second-order valence-corrected chi connectivity index (χ2v) is 13.2. The lowest BCUT2D eigenvalue weighted by molar-refractivity contribution is 0.0513. The van der Waals surface area contributed by atoms with Crippen LogP contribution in [-0.4, -0.2) is 25.2 Å². The monoisotopic (exact) mass is 691 g/mol. The van der Waals surface area contributed by atoms with Gasteiger partial charge >= 0.3 is 11.9 Å². The molecular weight excluding hydrogens is 647 g/mol. The highest BCUT2D eigenvalue weighted by Crippen LogP contribution is 2.39. The van der Waals surface area contributed by atoms with Crippen LogP contribution in [0.5, 0.6) is 0 Å². The van der Waals surface area contributed by atoms with E-state index in [9.17, 15) is 9.59 Å². The van der Waals surface area contributed by atoms with Crippen molar-refractivity contribution in [3.05, 3.63) is 138 Å². The standard InChI is InChI=1S/C43H37NO5.C3H8/c1-5-47-41(45)36-26-35(31-17-11-14-27-13-7-8-15-30(27)31)37(42(46)48-6-2)25-34(36)28-21-23-29(24-22-28)43(3,4)44-38-19-12-18-33-32-16-9-10-20-39(32)49-40(33)38;1-3-2/h7-26,44H,5-6H2,1-4H3;3H2,1-2H3. The fourth-order valence-corrected chi connectivity index (χ4v) is 6.60. The first-order valence-corrected chi connectivity index (χ1v) is 18.0. The summed E-state index contributed by atoms with van der Waals surface area (Å²) in [7, 11) is 0. The molecule has 1 aromatic heterocycles. The van der Waals surface area contributed by atoms with Gasteiger partial charge in [-0.25, -0.2) is 9.59 Å². The van der Waals surface area contributed by atoms with Crippen molar-refractivity contribution >= 4 is 50.3 Å². The summed E-state index contributed by atoms with van der Waals surface area (Å²) < 4.78 is 17.4. The molecule has 0 saturated heterocycles. The number of esters is 2. The second-order valence-electron chi connectivity index (χ2n) is 13.2. The van der Waals surface area contributed by atoms with Crippen LogP contribution in [0.2, 0.25) is 0 Å². The molecule has 0 aliphatic carbocycles. The lowest BCUT2D eigenvalue weighted by Crippen LogP contribution is -2.27. The third kappa shape index (κ3) is 7.15. The molecule has 0 unspecified atom stereocenters. The number of benzene rings is 6. The summed E-state index contributed by atoms with van der Waals surface area (Å²) >= 11 is 0. The molecule has 6 nitrogen and oxygen atoms in total. The van der Waals surface area contributed by atoms with Gasteiger partial charge in [-0.1, -0.05) is 117 Å². The predicted octanol–water partition coefficient (Wildman–Crippen LogP) is 12.2. The van der Waals surface area contributed by atoms with Crippen LogP contribution in [-0.2, 0) is 15.0 Å². The molecule has 0 bridgehead atoms. The van der Waals surface area contributed by atoms with E-state index in [2.05, 4.69) is 45.1 Å². The summed E-state index contributed by atoms with van der Waals surface area (Å²) in [5.41, 5.74) is 6.67. The molecule has 0 aliphatic heterocycles. The van der Waals surface area contributed by atoms with Crippen LogP contribution in [0.1, 0.15) is 74.2 Å². The maximum Gasteiger partial charge on any atom is 0.338 e. The number of ether oxygens (including phenoxy) is 2. The first-order chi connectivity index (χ1) is 25.2. The Morgan fingerprint density at radius 1 is 0.615 bits per heavy atom. The minimum atomic E-state index is -0.482. The fraction of sp³-hybridized carbons (Fsp3) is 0.217. The third-order valence-electron chi connectivity index (χ3n) is 9.00. The van der Waals surface area contributed by atoms with Crippen LogP contribution in [0.15, 0.2) is 126 Å². The highest BCUT2D eigenvalue weighted by Gasteiger charge is 2.26. The molecule has 52 heavy (non-hydrogen) atoms. The molecule has 6 aromatic carbocycles. The smallest absolute Gasteiger partial charge is 0.338 e. The number of anilines is 1. The molecule has 7 aromatic rings. The minimum absolute atomic E-state index is 0.221. The molecule has 0 fully saturated rings. The number of nitrogens with one attached hydrogen (secondary N) is 1. The van der Waals surface area contributed by atoms with Gasteiger partial charge in [0, 0.05) is 10.8 Å². The van der Waals surface area contributed by atoms with Crippen LogP contribution in [0.4, 0.5) is 5.69 Å². The van der Waals surface area contributed by atoms with E-state index in [0.29, 0.717) is 22.3 Å². The Kier molecular flexibility index (Phi) is 10.8. The Balaban J connectivity index is 0.00000150. The van der Waals surface area contributed by atoms with Crippen LogP contribution in [0.3, 0.4) is 0 Å². The van der Waals surface area contributed by atoms with Gasteiger partial charge in [-0.05, 0) is 90.6 Å². The van der Waals surface area contributed by atoms with Crippen molar-refractivity contribution in [2.24, 2.45) is 0 Å². The van der Waals surface area contributed by atoms with Gasteiger partial charge in [-0.3, -0.25) is 0 Å². The lowest BCUT2D eigenvalue weighted by Gasteiger charge is -2.28. The van der Waals surface area contributed by atoms with Gasteiger partial charge in [0.1, 0.15) is 5.58 Å². The molecule has 1 heterocycles. The number of carbonyl (C=O) groups is 2. The van der Waals surface area contributed by atoms with Gasteiger partial charge in [0.05, 0.1) is 35.6 Å². The van der Waals surface area contributed by atoms with Gasteiger partial charge in [-0.2, -0.15) is 0 Å². The summed E-state index contributed by atoms with van der Waals surface area (Å²) in [5.74, 6) is -0.914. The fourth-order valence-electron chi connectivity index (χ4n) is 6.60. The molecule has 264 valence electrons. The molecule has 0 aliphatic rings. The summed E-state index contributed by atoms with van der Waals surface area (Å²) in [6.45, 7) is 12.5. The molecule has 0 spiro atoms. The number of hydrogen-bond acceptors (Lipinski definition) is 6. The van der Waals surface area contributed by atoms with E-state index in [0.717, 1.165) is 55.1 Å². The van der Waals surface area contributed by atoms with Crippen molar-refractivity contribution in [2.45, 2.75) is 53.5 Å². The molecule has 0 saturated carbocycles. The first-order valence-electron chi connectivity index (χ1n) is 18.0. The number of hydrogen-bond donors (Lipinski definition) is 1. The molecule has 0 amide bonds. The summed E-state index contributed by atoms with van der Waals surface area (Å²) in [4.78, 5) is 27.1. The van der Waals surface area contributed by atoms with Crippen molar-refractivity contribution in [3.63, 3.8) is 0 Å². The Hall–Kier alpha value is -5.88. The van der Waals surface area contributed by atoms with E-state index in [-0.39, 0.29) is 13.2 Å². The van der Waals surface area contributed by atoms with Gasteiger partial charge in [0.15, 0.2) is 5.58 Å². The minimum Gasteiger partial charge on any atom is -0.462 e. The van der Waals surface area contributed by atoms with Crippen LogP contribution < -0.4 is 5.32 Å². The first kappa shape index (κ1) is 35.9. The van der Waals surface area contributed by atoms with Gasteiger partial charge in [-0.15, -0.1) is 0 Å². The lowest BCUT2D eigenvalue weighted by atomic mass is 9.87. The Bertz CT molecular complexity index is 2360. The van der Waals surface area contributed by atoms with Crippen molar-refractivity contribution < 1.29 is 23.5 Å². The molecule has 0 atom stereocenters. The van der Waals surface area contributed by atoms with E-state index >= 15 is 0 Å². The van der Waals surface area contributed by atoms with Crippen molar-refractivity contribution in [3.8, 4) is 22.3 Å². The number of carbonyl (C=O) groups excluding carboxylic acids is 2. The van der Waals surface area contributed by atoms with Gasteiger partial charge < -0.3 is 19.2 Å². The Labute approximate surface area is 305 Å². The SMILES string of the molecule is CCC.CCOC(=O)c1cc(-c2cccc3ccccc23)c(C(=O)OCC)cc1-c1ccc(C(C)(C)Nc2cccc3c2oc2ccccc23)cc1. The van der Waals surface area contributed by atoms with E-state index in [1.807, 2.05) is 97.1 Å².